The van der Waals surface area contributed by atoms with Gasteiger partial charge in [0.15, 0.2) is 0 Å². The van der Waals surface area contributed by atoms with E-state index in [0.717, 1.165) is 41.7 Å². The molecule has 3 aromatic heterocycles. The Morgan fingerprint density at radius 3 is 2.81 bits per heavy atom. The summed E-state index contributed by atoms with van der Waals surface area (Å²) < 4.78 is 42.2. The molecule has 3 aromatic rings. The SMILES string of the molecule is Fc1cnc2ccc(C3=CCCCc4nc(NCC5CCC(F)(F)CC5)ncc43)cn12. The molecule has 1 saturated carbocycles. The van der Waals surface area contributed by atoms with E-state index in [9.17, 15) is 13.2 Å². The molecule has 0 bridgehead atoms. The van der Waals surface area contributed by atoms with Gasteiger partial charge in [-0.25, -0.2) is 23.7 Å². The van der Waals surface area contributed by atoms with Crippen LogP contribution in [-0.4, -0.2) is 31.8 Å². The van der Waals surface area contributed by atoms with Crippen LogP contribution in [0.3, 0.4) is 0 Å². The summed E-state index contributed by atoms with van der Waals surface area (Å²) >= 11 is 0. The molecular formula is C23H24F3N5. The van der Waals surface area contributed by atoms with E-state index in [4.69, 9.17) is 4.98 Å². The molecule has 162 valence electrons. The van der Waals surface area contributed by atoms with Crippen molar-refractivity contribution in [2.45, 2.75) is 50.9 Å². The first-order valence-electron chi connectivity index (χ1n) is 10.8. The number of rotatable bonds is 4. The van der Waals surface area contributed by atoms with Crippen molar-refractivity contribution in [2.75, 3.05) is 11.9 Å². The molecule has 1 fully saturated rings. The third kappa shape index (κ3) is 4.16. The Kier molecular flexibility index (Phi) is 5.16. The van der Waals surface area contributed by atoms with Gasteiger partial charge < -0.3 is 5.32 Å². The maximum atomic E-state index is 14.0. The highest BCUT2D eigenvalue weighted by atomic mass is 19.3. The molecule has 0 saturated heterocycles. The van der Waals surface area contributed by atoms with Crippen LogP contribution in [0.4, 0.5) is 19.1 Å². The highest BCUT2D eigenvalue weighted by molar-refractivity contribution is 5.81. The van der Waals surface area contributed by atoms with Gasteiger partial charge in [-0.3, -0.25) is 4.40 Å². The summed E-state index contributed by atoms with van der Waals surface area (Å²) in [5, 5.41) is 3.25. The van der Waals surface area contributed by atoms with Crippen LogP contribution in [0.25, 0.3) is 11.2 Å². The fraction of sp³-hybridized carbons (Fsp3) is 0.435. The van der Waals surface area contributed by atoms with Crippen molar-refractivity contribution in [3.05, 3.63) is 59.6 Å². The molecule has 0 radical (unpaired) electrons. The van der Waals surface area contributed by atoms with Crippen molar-refractivity contribution in [1.29, 1.82) is 0 Å². The van der Waals surface area contributed by atoms with Crippen LogP contribution in [0.2, 0.25) is 0 Å². The quantitative estimate of drug-likeness (QED) is 0.616. The Morgan fingerprint density at radius 2 is 1.97 bits per heavy atom. The molecule has 5 rings (SSSR count). The monoisotopic (exact) mass is 427 g/mol. The second kappa shape index (κ2) is 7.98. The van der Waals surface area contributed by atoms with Crippen LogP contribution in [0.1, 0.15) is 55.3 Å². The summed E-state index contributed by atoms with van der Waals surface area (Å²) in [7, 11) is 0. The maximum Gasteiger partial charge on any atom is 0.248 e. The minimum atomic E-state index is -2.51. The fourth-order valence-electron chi connectivity index (χ4n) is 4.47. The van der Waals surface area contributed by atoms with Gasteiger partial charge in [0.25, 0.3) is 0 Å². The lowest BCUT2D eigenvalue weighted by atomic mass is 9.87. The molecule has 2 aliphatic carbocycles. The Bertz CT molecular complexity index is 1130. The van der Waals surface area contributed by atoms with Crippen molar-refractivity contribution in [1.82, 2.24) is 19.4 Å². The average Bonchev–Trinajstić information content (AvgIpc) is 3.00. The van der Waals surface area contributed by atoms with Crippen LogP contribution in [0.5, 0.6) is 0 Å². The number of hydrogen-bond donors (Lipinski definition) is 1. The first kappa shape index (κ1) is 20.0. The first-order chi connectivity index (χ1) is 15.0. The number of alkyl halides is 2. The molecule has 0 amide bonds. The van der Waals surface area contributed by atoms with Crippen LogP contribution in [0, 0.1) is 11.9 Å². The predicted octanol–water partition coefficient (Wildman–Crippen LogP) is 5.27. The topological polar surface area (TPSA) is 55.1 Å². The van der Waals surface area contributed by atoms with E-state index < -0.39 is 11.9 Å². The van der Waals surface area contributed by atoms with Gasteiger partial charge in [0.2, 0.25) is 17.8 Å². The highest BCUT2D eigenvalue weighted by Crippen LogP contribution is 2.36. The number of pyridine rings is 1. The summed E-state index contributed by atoms with van der Waals surface area (Å²) in [5.74, 6) is -2.16. The molecule has 0 aromatic carbocycles. The van der Waals surface area contributed by atoms with Gasteiger partial charge in [-0.05, 0) is 61.3 Å². The Balaban J connectivity index is 1.36. The Morgan fingerprint density at radius 1 is 1.13 bits per heavy atom. The third-order valence-corrected chi connectivity index (χ3v) is 6.28. The number of allylic oxidation sites excluding steroid dienone is 1. The van der Waals surface area contributed by atoms with Gasteiger partial charge in [-0.2, -0.15) is 4.39 Å². The summed E-state index contributed by atoms with van der Waals surface area (Å²) in [6.07, 6.45) is 10.6. The summed E-state index contributed by atoms with van der Waals surface area (Å²) in [6.45, 7) is 0.605. The van der Waals surface area contributed by atoms with Crippen molar-refractivity contribution in [2.24, 2.45) is 5.92 Å². The minimum absolute atomic E-state index is 0.0413. The van der Waals surface area contributed by atoms with E-state index >= 15 is 0 Å². The first-order valence-corrected chi connectivity index (χ1v) is 10.8. The maximum absolute atomic E-state index is 14.0. The molecular weight excluding hydrogens is 403 g/mol. The number of hydrogen-bond acceptors (Lipinski definition) is 4. The van der Waals surface area contributed by atoms with Gasteiger partial charge in [0.1, 0.15) is 5.65 Å². The molecule has 2 aliphatic rings. The second-order valence-corrected chi connectivity index (χ2v) is 8.47. The fourth-order valence-corrected chi connectivity index (χ4v) is 4.47. The van der Waals surface area contributed by atoms with E-state index in [2.05, 4.69) is 21.4 Å². The number of nitrogens with zero attached hydrogens (tertiary/aromatic N) is 4. The normalized spacial score (nSPS) is 19.0. The summed E-state index contributed by atoms with van der Waals surface area (Å²) in [4.78, 5) is 13.3. The number of anilines is 1. The average molecular weight is 427 g/mol. The lowest BCUT2D eigenvalue weighted by molar-refractivity contribution is -0.0443. The zero-order valence-electron chi connectivity index (χ0n) is 17.1. The molecule has 3 heterocycles. The zero-order valence-corrected chi connectivity index (χ0v) is 17.1. The zero-order chi connectivity index (χ0) is 21.4. The third-order valence-electron chi connectivity index (χ3n) is 6.28. The molecule has 5 nitrogen and oxygen atoms in total. The Hall–Kier alpha value is -2.90. The molecule has 8 heteroatoms. The number of aromatic nitrogens is 4. The van der Waals surface area contributed by atoms with E-state index in [1.165, 1.54) is 10.6 Å². The van der Waals surface area contributed by atoms with Crippen LogP contribution in [0.15, 0.2) is 36.8 Å². The van der Waals surface area contributed by atoms with E-state index in [-0.39, 0.29) is 18.8 Å². The van der Waals surface area contributed by atoms with Crippen molar-refractivity contribution in [3.63, 3.8) is 0 Å². The molecule has 0 aliphatic heterocycles. The van der Waals surface area contributed by atoms with Gasteiger partial charge in [-0.15, -0.1) is 0 Å². The molecule has 1 N–H and O–H groups in total. The number of aryl methyl sites for hydroxylation is 1. The molecule has 0 spiro atoms. The van der Waals surface area contributed by atoms with Gasteiger partial charge >= 0.3 is 0 Å². The van der Waals surface area contributed by atoms with E-state index in [0.29, 0.717) is 31.0 Å². The van der Waals surface area contributed by atoms with E-state index in [1.807, 2.05) is 12.3 Å². The lowest BCUT2D eigenvalue weighted by Gasteiger charge is -2.28. The standard InChI is InChI=1S/C23H24F3N5/c24-20-13-27-21-6-5-16(14-31(20)21)17-3-1-2-4-19-18(17)12-29-22(30-19)28-11-15-7-9-23(25,26)10-8-15/h3,5-6,12-15H,1-2,4,7-11H2,(H,28,29,30). The van der Waals surface area contributed by atoms with Gasteiger partial charge in [0, 0.05) is 37.3 Å². The summed E-state index contributed by atoms with van der Waals surface area (Å²) in [6, 6.07) is 3.74. The van der Waals surface area contributed by atoms with Crippen LogP contribution in [-0.2, 0) is 6.42 Å². The minimum Gasteiger partial charge on any atom is -0.354 e. The largest absolute Gasteiger partial charge is 0.354 e. The molecule has 0 unspecified atom stereocenters. The second-order valence-electron chi connectivity index (χ2n) is 8.47. The van der Waals surface area contributed by atoms with Crippen molar-refractivity contribution in [3.8, 4) is 0 Å². The lowest BCUT2D eigenvalue weighted by Crippen LogP contribution is -2.28. The van der Waals surface area contributed by atoms with Crippen LogP contribution >= 0.6 is 0 Å². The van der Waals surface area contributed by atoms with Crippen molar-refractivity contribution < 1.29 is 13.2 Å². The van der Waals surface area contributed by atoms with Gasteiger partial charge in [-0.1, -0.05) is 6.08 Å². The molecule has 0 atom stereocenters. The smallest absolute Gasteiger partial charge is 0.248 e. The number of fused-ring (bicyclic) bond motifs is 2. The van der Waals surface area contributed by atoms with Crippen molar-refractivity contribution >= 4 is 17.2 Å². The Labute approximate surface area is 178 Å². The van der Waals surface area contributed by atoms with Crippen LogP contribution < -0.4 is 5.32 Å². The molecule has 31 heavy (non-hydrogen) atoms. The number of nitrogens with one attached hydrogen (secondary N) is 1. The highest BCUT2D eigenvalue weighted by Gasteiger charge is 2.34. The van der Waals surface area contributed by atoms with E-state index in [1.54, 1.807) is 12.3 Å². The van der Waals surface area contributed by atoms with Gasteiger partial charge in [0.05, 0.1) is 11.9 Å². The number of imidazole rings is 1. The number of halogens is 3. The summed E-state index contributed by atoms with van der Waals surface area (Å²) in [5.41, 5.74) is 4.33. The predicted molar refractivity (Wildman–Crippen MR) is 113 cm³/mol.